The van der Waals surface area contributed by atoms with E-state index >= 15 is 0 Å². The van der Waals surface area contributed by atoms with E-state index in [1.165, 1.54) is 0 Å². The number of aryl methyl sites for hydroxylation is 2. The Morgan fingerprint density at radius 1 is 1.16 bits per heavy atom. The highest BCUT2D eigenvalue weighted by Gasteiger charge is 2.08. The van der Waals surface area contributed by atoms with Gasteiger partial charge in [0.05, 0.1) is 30.1 Å². The lowest BCUT2D eigenvalue weighted by Gasteiger charge is -2.05. The molecule has 9 nitrogen and oxygen atoms in total. The van der Waals surface area contributed by atoms with Crippen molar-refractivity contribution in [3.63, 3.8) is 0 Å². The summed E-state index contributed by atoms with van der Waals surface area (Å²) in [5.41, 5.74) is 3.70. The topological polar surface area (TPSA) is 111 Å². The summed E-state index contributed by atoms with van der Waals surface area (Å²) in [6.45, 7) is 0.309. The van der Waals surface area contributed by atoms with Crippen molar-refractivity contribution in [3.05, 3.63) is 42.6 Å². The van der Waals surface area contributed by atoms with E-state index < -0.39 is 0 Å². The third-order valence-corrected chi connectivity index (χ3v) is 3.77. The summed E-state index contributed by atoms with van der Waals surface area (Å²) < 4.78 is 3.96. The molecule has 2 N–H and O–H groups in total. The molecule has 0 fully saturated rings. The van der Waals surface area contributed by atoms with E-state index in [0.29, 0.717) is 18.1 Å². The van der Waals surface area contributed by atoms with Crippen LogP contribution < -0.4 is 5.32 Å². The zero-order valence-corrected chi connectivity index (χ0v) is 13.8. The number of hydrogen-bond acceptors (Lipinski definition) is 6. The molecule has 1 aromatic carbocycles. The normalized spacial score (nSPS) is 10.5. The summed E-state index contributed by atoms with van der Waals surface area (Å²) in [5.74, 6) is 1.49. The lowest BCUT2D eigenvalue weighted by Crippen LogP contribution is -2.08. The van der Waals surface area contributed by atoms with Gasteiger partial charge in [-0.3, -0.25) is 4.79 Å². The van der Waals surface area contributed by atoms with E-state index in [0.717, 1.165) is 22.4 Å². The Labute approximate surface area is 143 Å². The van der Waals surface area contributed by atoms with Gasteiger partial charge < -0.3 is 19.6 Å². The van der Waals surface area contributed by atoms with Crippen molar-refractivity contribution in [2.45, 2.75) is 6.54 Å². The maximum atomic E-state index is 8.36. The molecule has 0 aliphatic heterocycles. The highest BCUT2D eigenvalue weighted by Crippen LogP contribution is 2.15. The SMILES string of the molecule is Cn1cnc2nc(NCc3nc4ccccc4n3C)ncc21.O=CO. The van der Waals surface area contributed by atoms with Gasteiger partial charge in [-0.15, -0.1) is 0 Å². The van der Waals surface area contributed by atoms with Crippen LogP contribution in [0.5, 0.6) is 0 Å². The number of nitrogens with zero attached hydrogens (tertiary/aromatic N) is 6. The molecule has 0 bridgehead atoms. The fourth-order valence-corrected chi connectivity index (χ4v) is 2.51. The molecule has 25 heavy (non-hydrogen) atoms. The molecule has 0 aliphatic carbocycles. The third-order valence-electron chi connectivity index (χ3n) is 3.77. The second kappa shape index (κ2) is 6.95. The predicted octanol–water partition coefficient (Wildman–Crippen LogP) is 1.56. The van der Waals surface area contributed by atoms with Gasteiger partial charge in [-0.2, -0.15) is 4.98 Å². The number of carboxylic acid groups (broad SMARTS) is 1. The molecular formula is C16H17N7O2. The van der Waals surface area contributed by atoms with Gasteiger partial charge in [0, 0.05) is 14.1 Å². The number of anilines is 1. The number of hydrogen-bond donors (Lipinski definition) is 2. The minimum absolute atomic E-state index is 0.250. The van der Waals surface area contributed by atoms with E-state index in [4.69, 9.17) is 9.90 Å². The fraction of sp³-hybridized carbons (Fsp3) is 0.188. The van der Waals surface area contributed by atoms with Gasteiger partial charge in [0.25, 0.3) is 6.47 Å². The number of imidazole rings is 2. The molecule has 9 heteroatoms. The Morgan fingerprint density at radius 2 is 1.92 bits per heavy atom. The van der Waals surface area contributed by atoms with Gasteiger partial charge in [0.15, 0.2) is 5.65 Å². The van der Waals surface area contributed by atoms with Crippen LogP contribution in [-0.2, 0) is 25.4 Å². The molecule has 0 unspecified atom stereocenters. The van der Waals surface area contributed by atoms with Crippen LogP contribution in [0.15, 0.2) is 36.8 Å². The average Bonchev–Trinajstić information content (AvgIpc) is 3.15. The van der Waals surface area contributed by atoms with Gasteiger partial charge in [0.1, 0.15) is 11.3 Å². The molecule has 3 aromatic heterocycles. The Kier molecular flexibility index (Phi) is 4.55. The molecule has 3 heterocycles. The van der Waals surface area contributed by atoms with Crippen molar-refractivity contribution in [2.75, 3.05) is 5.32 Å². The monoisotopic (exact) mass is 339 g/mol. The molecule has 128 valence electrons. The summed E-state index contributed by atoms with van der Waals surface area (Å²) >= 11 is 0. The minimum Gasteiger partial charge on any atom is -0.483 e. The van der Waals surface area contributed by atoms with Crippen LogP contribution in [0.25, 0.3) is 22.2 Å². The molecule has 4 aromatic rings. The Hall–Kier alpha value is -3.49. The maximum absolute atomic E-state index is 8.36. The number of rotatable bonds is 3. The van der Waals surface area contributed by atoms with Crippen molar-refractivity contribution in [1.82, 2.24) is 29.1 Å². The maximum Gasteiger partial charge on any atom is 0.290 e. The highest BCUT2D eigenvalue weighted by atomic mass is 16.3. The van der Waals surface area contributed by atoms with E-state index in [1.54, 1.807) is 12.5 Å². The van der Waals surface area contributed by atoms with E-state index in [-0.39, 0.29) is 6.47 Å². The summed E-state index contributed by atoms with van der Waals surface area (Å²) in [6.07, 6.45) is 3.50. The lowest BCUT2D eigenvalue weighted by atomic mass is 10.3. The Bertz CT molecular complexity index is 1020. The zero-order valence-electron chi connectivity index (χ0n) is 13.8. The third kappa shape index (κ3) is 3.25. The predicted molar refractivity (Wildman–Crippen MR) is 93.0 cm³/mol. The molecule has 4 rings (SSSR count). The molecule has 0 amide bonds. The van der Waals surface area contributed by atoms with Gasteiger partial charge in [-0.25, -0.2) is 15.0 Å². The quantitative estimate of drug-likeness (QED) is 0.545. The summed E-state index contributed by atoms with van der Waals surface area (Å²) in [6, 6.07) is 8.07. The van der Waals surface area contributed by atoms with Gasteiger partial charge in [-0.1, -0.05) is 12.1 Å². The summed E-state index contributed by atoms with van der Waals surface area (Å²) in [4.78, 5) is 25.9. The molecule has 0 spiro atoms. The average molecular weight is 339 g/mol. The Morgan fingerprint density at radius 3 is 2.68 bits per heavy atom. The van der Waals surface area contributed by atoms with Crippen molar-refractivity contribution in [2.24, 2.45) is 14.1 Å². The number of carbonyl (C=O) groups is 1. The van der Waals surface area contributed by atoms with Crippen molar-refractivity contribution >= 4 is 34.6 Å². The van der Waals surface area contributed by atoms with Crippen LogP contribution in [-0.4, -0.2) is 40.6 Å². The van der Waals surface area contributed by atoms with Crippen LogP contribution in [0, 0.1) is 0 Å². The van der Waals surface area contributed by atoms with E-state index in [1.807, 2.05) is 36.9 Å². The molecule has 0 aliphatic rings. The first-order valence-corrected chi connectivity index (χ1v) is 7.50. The Balaban J connectivity index is 0.000000569. The van der Waals surface area contributed by atoms with Crippen LogP contribution in [0.4, 0.5) is 5.95 Å². The summed E-state index contributed by atoms with van der Waals surface area (Å²) in [5, 5.41) is 10.1. The number of benzene rings is 1. The summed E-state index contributed by atoms with van der Waals surface area (Å²) in [7, 11) is 3.93. The van der Waals surface area contributed by atoms with Gasteiger partial charge in [0.2, 0.25) is 5.95 Å². The van der Waals surface area contributed by atoms with Crippen LogP contribution in [0.3, 0.4) is 0 Å². The van der Waals surface area contributed by atoms with Crippen molar-refractivity contribution in [3.8, 4) is 0 Å². The standard InChI is InChI=1S/C15H15N7.CH2O2/c1-21-9-18-14-12(21)7-16-15(20-14)17-8-13-19-10-5-3-4-6-11(10)22(13)2;2-1-3/h3-7,9H,8H2,1-2H3,(H,16,17,20);1H,(H,2,3). The first-order chi connectivity index (χ1) is 12.1. The van der Waals surface area contributed by atoms with Crippen molar-refractivity contribution in [1.29, 1.82) is 0 Å². The molecule has 0 radical (unpaired) electrons. The molecule has 0 atom stereocenters. The molecular weight excluding hydrogens is 322 g/mol. The smallest absolute Gasteiger partial charge is 0.290 e. The first-order valence-electron chi connectivity index (χ1n) is 7.50. The number of fused-ring (bicyclic) bond motifs is 2. The van der Waals surface area contributed by atoms with E-state index in [9.17, 15) is 0 Å². The first kappa shape index (κ1) is 16.4. The van der Waals surface area contributed by atoms with Crippen molar-refractivity contribution < 1.29 is 9.90 Å². The lowest BCUT2D eigenvalue weighted by molar-refractivity contribution is -0.122. The molecule has 0 saturated carbocycles. The number of aromatic nitrogens is 6. The second-order valence-electron chi connectivity index (χ2n) is 5.29. The van der Waals surface area contributed by atoms with Gasteiger partial charge in [-0.05, 0) is 12.1 Å². The fourth-order valence-electron chi connectivity index (χ4n) is 2.51. The number of nitrogens with one attached hydrogen (secondary N) is 1. The largest absolute Gasteiger partial charge is 0.483 e. The second-order valence-corrected chi connectivity index (χ2v) is 5.29. The van der Waals surface area contributed by atoms with E-state index in [2.05, 4.69) is 35.9 Å². The van der Waals surface area contributed by atoms with Crippen LogP contribution in [0.1, 0.15) is 5.82 Å². The minimum atomic E-state index is -0.250. The number of para-hydroxylation sites is 2. The zero-order chi connectivity index (χ0) is 17.8. The van der Waals surface area contributed by atoms with Crippen LogP contribution in [0.2, 0.25) is 0 Å². The van der Waals surface area contributed by atoms with Gasteiger partial charge >= 0.3 is 0 Å². The highest BCUT2D eigenvalue weighted by molar-refractivity contribution is 5.75. The van der Waals surface area contributed by atoms with Crippen LogP contribution >= 0.6 is 0 Å². The molecule has 0 saturated heterocycles.